The Balaban J connectivity index is 1.36. The predicted octanol–water partition coefficient (Wildman–Crippen LogP) is 3.25. The zero-order valence-corrected chi connectivity index (χ0v) is 17.2. The monoisotopic (exact) mass is 397 g/mol. The summed E-state index contributed by atoms with van der Waals surface area (Å²) < 4.78 is 10.8. The summed E-state index contributed by atoms with van der Waals surface area (Å²) in [6.07, 6.45) is 1.13. The van der Waals surface area contributed by atoms with Gasteiger partial charge < -0.3 is 19.7 Å². The van der Waals surface area contributed by atoms with Crippen molar-refractivity contribution in [2.45, 2.75) is 12.8 Å². The Morgan fingerprint density at radius 2 is 1.69 bits per heavy atom. The maximum absolute atomic E-state index is 12.1. The maximum Gasteiger partial charge on any atom is 0.224 e. The van der Waals surface area contributed by atoms with Crippen LogP contribution in [-0.4, -0.2) is 63.9 Å². The Kier molecular flexibility index (Phi) is 8.34. The number of carbonyl (C=O) groups excluding carboxylic acids is 1. The highest BCUT2D eigenvalue weighted by Crippen LogP contribution is 2.20. The SMILES string of the molecule is COCCN1CCN(c2ccc(NC(=O)CCCOc3ccccc3)cc2)CC1. The normalized spacial score (nSPS) is 14.6. The molecule has 0 bridgehead atoms. The van der Waals surface area contributed by atoms with Crippen molar-refractivity contribution in [1.82, 2.24) is 4.90 Å². The van der Waals surface area contributed by atoms with Crippen LogP contribution in [0.2, 0.25) is 0 Å². The molecule has 1 aliphatic rings. The van der Waals surface area contributed by atoms with E-state index in [9.17, 15) is 4.79 Å². The summed E-state index contributed by atoms with van der Waals surface area (Å²) in [4.78, 5) is 17.0. The number of nitrogens with one attached hydrogen (secondary N) is 1. The van der Waals surface area contributed by atoms with Crippen LogP contribution in [0.4, 0.5) is 11.4 Å². The number of nitrogens with zero attached hydrogens (tertiary/aromatic N) is 2. The molecule has 3 rings (SSSR count). The molecule has 1 amide bonds. The first kappa shape index (κ1) is 21.1. The third kappa shape index (κ3) is 7.07. The van der Waals surface area contributed by atoms with Crippen molar-refractivity contribution in [2.75, 3.05) is 63.3 Å². The van der Waals surface area contributed by atoms with E-state index >= 15 is 0 Å². The van der Waals surface area contributed by atoms with Gasteiger partial charge in [0.1, 0.15) is 5.75 Å². The molecule has 0 aromatic heterocycles. The van der Waals surface area contributed by atoms with E-state index < -0.39 is 0 Å². The van der Waals surface area contributed by atoms with Crippen LogP contribution >= 0.6 is 0 Å². The van der Waals surface area contributed by atoms with Gasteiger partial charge in [0, 0.05) is 57.6 Å². The van der Waals surface area contributed by atoms with E-state index in [0.717, 1.165) is 50.8 Å². The number of hydrogen-bond donors (Lipinski definition) is 1. The minimum absolute atomic E-state index is 0.0150. The van der Waals surface area contributed by atoms with E-state index in [1.165, 1.54) is 5.69 Å². The zero-order chi connectivity index (χ0) is 20.3. The average molecular weight is 398 g/mol. The summed E-state index contributed by atoms with van der Waals surface area (Å²) in [6.45, 7) is 6.43. The van der Waals surface area contributed by atoms with Crippen LogP contribution in [0.5, 0.6) is 5.75 Å². The fourth-order valence-electron chi connectivity index (χ4n) is 3.37. The summed E-state index contributed by atoms with van der Waals surface area (Å²) in [6, 6.07) is 17.8. The molecule has 1 saturated heterocycles. The molecule has 0 aliphatic carbocycles. The van der Waals surface area contributed by atoms with E-state index in [4.69, 9.17) is 9.47 Å². The fraction of sp³-hybridized carbons (Fsp3) is 0.435. The average Bonchev–Trinajstić information content (AvgIpc) is 2.77. The van der Waals surface area contributed by atoms with Gasteiger partial charge in [0.05, 0.1) is 13.2 Å². The molecule has 6 heteroatoms. The molecule has 0 saturated carbocycles. The lowest BCUT2D eigenvalue weighted by molar-refractivity contribution is -0.116. The summed E-state index contributed by atoms with van der Waals surface area (Å²) >= 11 is 0. The van der Waals surface area contributed by atoms with Crippen molar-refractivity contribution in [3.05, 3.63) is 54.6 Å². The van der Waals surface area contributed by atoms with Crippen LogP contribution in [-0.2, 0) is 9.53 Å². The lowest BCUT2D eigenvalue weighted by atomic mass is 10.2. The molecule has 29 heavy (non-hydrogen) atoms. The molecular weight excluding hydrogens is 366 g/mol. The molecule has 6 nitrogen and oxygen atoms in total. The Labute approximate surface area is 173 Å². The number of amides is 1. The van der Waals surface area contributed by atoms with Gasteiger partial charge in [-0.2, -0.15) is 0 Å². The van der Waals surface area contributed by atoms with Crippen LogP contribution in [0, 0.1) is 0 Å². The van der Waals surface area contributed by atoms with Crippen LogP contribution < -0.4 is 15.0 Å². The number of hydrogen-bond acceptors (Lipinski definition) is 5. The zero-order valence-electron chi connectivity index (χ0n) is 17.2. The predicted molar refractivity (Wildman–Crippen MR) is 117 cm³/mol. The first-order valence-electron chi connectivity index (χ1n) is 10.3. The topological polar surface area (TPSA) is 54.0 Å². The van der Waals surface area contributed by atoms with Gasteiger partial charge >= 0.3 is 0 Å². The van der Waals surface area contributed by atoms with Crippen LogP contribution in [0.3, 0.4) is 0 Å². The number of carbonyl (C=O) groups is 1. The number of anilines is 2. The van der Waals surface area contributed by atoms with Gasteiger partial charge in [-0.15, -0.1) is 0 Å². The quantitative estimate of drug-likeness (QED) is 0.624. The minimum Gasteiger partial charge on any atom is -0.494 e. The number of ether oxygens (including phenoxy) is 2. The minimum atomic E-state index is 0.0150. The molecule has 0 atom stereocenters. The van der Waals surface area contributed by atoms with Gasteiger partial charge in [-0.3, -0.25) is 9.69 Å². The summed E-state index contributed by atoms with van der Waals surface area (Å²) in [5.41, 5.74) is 2.03. The van der Waals surface area contributed by atoms with Gasteiger partial charge in [0.2, 0.25) is 5.91 Å². The molecule has 0 unspecified atom stereocenters. The lowest BCUT2D eigenvalue weighted by Gasteiger charge is -2.36. The Hall–Kier alpha value is -2.57. The fourth-order valence-corrected chi connectivity index (χ4v) is 3.37. The smallest absolute Gasteiger partial charge is 0.224 e. The summed E-state index contributed by atoms with van der Waals surface area (Å²) in [5.74, 6) is 0.851. The Morgan fingerprint density at radius 3 is 2.38 bits per heavy atom. The number of para-hydroxylation sites is 1. The highest BCUT2D eigenvalue weighted by atomic mass is 16.5. The van der Waals surface area contributed by atoms with E-state index in [2.05, 4.69) is 27.2 Å². The number of rotatable bonds is 10. The van der Waals surface area contributed by atoms with Crippen molar-refractivity contribution in [1.29, 1.82) is 0 Å². The van der Waals surface area contributed by atoms with Gasteiger partial charge in [-0.25, -0.2) is 0 Å². The maximum atomic E-state index is 12.1. The highest BCUT2D eigenvalue weighted by Gasteiger charge is 2.16. The molecule has 2 aromatic carbocycles. The number of piperazine rings is 1. The highest BCUT2D eigenvalue weighted by molar-refractivity contribution is 5.90. The molecule has 1 heterocycles. The van der Waals surface area contributed by atoms with E-state index in [1.54, 1.807) is 7.11 Å². The van der Waals surface area contributed by atoms with Crippen molar-refractivity contribution >= 4 is 17.3 Å². The van der Waals surface area contributed by atoms with Crippen LogP contribution in [0.15, 0.2) is 54.6 Å². The molecule has 2 aromatic rings. The first-order chi connectivity index (χ1) is 14.2. The lowest BCUT2D eigenvalue weighted by Crippen LogP contribution is -2.47. The van der Waals surface area contributed by atoms with E-state index in [0.29, 0.717) is 19.4 Å². The van der Waals surface area contributed by atoms with Crippen LogP contribution in [0.1, 0.15) is 12.8 Å². The molecule has 0 spiro atoms. The molecule has 1 fully saturated rings. The van der Waals surface area contributed by atoms with Gasteiger partial charge in [0.15, 0.2) is 0 Å². The van der Waals surface area contributed by atoms with E-state index in [1.807, 2.05) is 42.5 Å². The van der Waals surface area contributed by atoms with Gasteiger partial charge in [-0.05, 0) is 42.8 Å². The van der Waals surface area contributed by atoms with Gasteiger partial charge in [-0.1, -0.05) is 18.2 Å². The van der Waals surface area contributed by atoms with Crippen molar-refractivity contribution < 1.29 is 14.3 Å². The Morgan fingerprint density at radius 1 is 0.966 bits per heavy atom. The van der Waals surface area contributed by atoms with Crippen molar-refractivity contribution in [3.63, 3.8) is 0 Å². The second kappa shape index (κ2) is 11.4. The number of benzene rings is 2. The first-order valence-corrected chi connectivity index (χ1v) is 10.3. The largest absolute Gasteiger partial charge is 0.494 e. The molecule has 0 radical (unpaired) electrons. The van der Waals surface area contributed by atoms with Gasteiger partial charge in [0.25, 0.3) is 0 Å². The summed E-state index contributed by atoms with van der Waals surface area (Å²) in [7, 11) is 1.75. The molecule has 156 valence electrons. The molecular formula is C23H31N3O3. The second-order valence-corrected chi connectivity index (χ2v) is 7.18. The number of methoxy groups -OCH3 is 1. The standard InChI is InChI=1S/C23H31N3O3/c1-28-19-17-25-13-15-26(16-14-25)21-11-9-20(10-12-21)24-23(27)8-5-18-29-22-6-3-2-4-7-22/h2-4,6-7,9-12H,5,8,13-19H2,1H3,(H,24,27). The van der Waals surface area contributed by atoms with Crippen LogP contribution in [0.25, 0.3) is 0 Å². The second-order valence-electron chi connectivity index (χ2n) is 7.18. The van der Waals surface area contributed by atoms with Crippen molar-refractivity contribution in [3.8, 4) is 5.75 Å². The Bertz CT molecular complexity index is 729. The van der Waals surface area contributed by atoms with E-state index in [-0.39, 0.29) is 5.91 Å². The van der Waals surface area contributed by atoms with Crippen molar-refractivity contribution in [2.24, 2.45) is 0 Å². The molecule has 1 aliphatic heterocycles. The molecule has 1 N–H and O–H groups in total. The third-order valence-corrected chi connectivity index (χ3v) is 5.06. The third-order valence-electron chi connectivity index (χ3n) is 5.06. The summed E-state index contributed by atoms with van der Waals surface area (Å²) in [5, 5.41) is 2.97.